The van der Waals surface area contributed by atoms with Crippen LogP contribution in [0.5, 0.6) is 0 Å². The largest absolute Gasteiger partial charge is 0.347 e. The molecule has 0 bridgehead atoms. The van der Waals surface area contributed by atoms with Gasteiger partial charge in [-0.2, -0.15) is 0 Å². The number of benzene rings is 2. The number of alkyl halides is 1. The summed E-state index contributed by atoms with van der Waals surface area (Å²) in [6.07, 6.45) is 2.57. The number of carbonyl (C=O) groups is 2. The van der Waals surface area contributed by atoms with Crippen LogP contribution in [0.25, 0.3) is 0 Å². The van der Waals surface area contributed by atoms with E-state index in [2.05, 4.69) is 5.32 Å². The van der Waals surface area contributed by atoms with E-state index >= 15 is 4.39 Å². The fourth-order valence-corrected chi connectivity index (χ4v) is 5.50. The van der Waals surface area contributed by atoms with E-state index in [0.29, 0.717) is 56.6 Å². The summed E-state index contributed by atoms with van der Waals surface area (Å²) in [6.45, 7) is 2.26. The number of urea groups is 1. The highest BCUT2D eigenvalue weighted by Crippen LogP contribution is 2.45. The van der Waals surface area contributed by atoms with E-state index in [-0.39, 0.29) is 23.4 Å². The zero-order chi connectivity index (χ0) is 21.5. The summed E-state index contributed by atoms with van der Waals surface area (Å²) in [5.74, 6) is -0.118. The minimum Gasteiger partial charge on any atom is -0.347 e. The van der Waals surface area contributed by atoms with Gasteiger partial charge >= 0.3 is 6.03 Å². The van der Waals surface area contributed by atoms with Gasteiger partial charge < -0.3 is 15.1 Å². The van der Waals surface area contributed by atoms with Gasteiger partial charge in [-0.25, -0.2) is 9.18 Å². The Morgan fingerprint density at radius 2 is 1.48 bits per heavy atom. The van der Waals surface area contributed by atoms with Gasteiger partial charge in [0.25, 0.3) is 0 Å². The first-order valence-corrected chi connectivity index (χ1v) is 11.2. The molecule has 2 aromatic rings. The minimum absolute atomic E-state index is 0.00843. The van der Waals surface area contributed by atoms with Gasteiger partial charge in [-0.3, -0.25) is 4.79 Å². The number of amides is 3. The summed E-state index contributed by atoms with van der Waals surface area (Å²) in [4.78, 5) is 28.1. The van der Waals surface area contributed by atoms with Gasteiger partial charge in [-0.05, 0) is 30.4 Å². The van der Waals surface area contributed by atoms with Gasteiger partial charge in [0.2, 0.25) is 5.91 Å². The normalized spacial score (nSPS) is 21.1. The molecule has 3 aliphatic heterocycles. The highest BCUT2D eigenvalue weighted by Gasteiger charge is 2.51. The number of piperidine rings is 1. The highest BCUT2D eigenvalue weighted by molar-refractivity contribution is 5.82. The first-order chi connectivity index (χ1) is 15.0. The third-order valence-corrected chi connectivity index (χ3v) is 7.21. The summed E-state index contributed by atoms with van der Waals surface area (Å²) >= 11 is 0. The number of carbonyl (C=O) groups excluding carboxylic acids is 2. The molecule has 5 rings (SSSR count). The number of halogens is 1. The molecule has 0 unspecified atom stereocenters. The molecule has 1 spiro atoms. The lowest BCUT2D eigenvalue weighted by Gasteiger charge is -2.50. The topological polar surface area (TPSA) is 52.7 Å². The Balaban J connectivity index is 1.27. The van der Waals surface area contributed by atoms with Gasteiger partial charge in [-0.1, -0.05) is 60.7 Å². The van der Waals surface area contributed by atoms with Crippen LogP contribution >= 0.6 is 0 Å². The van der Waals surface area contributed by atoms with Gasteiger partial charge in [0.15, 0.2) is 5.67 Å². The predicted octanol–water partition coefficient (Wildman–Crippen LogP) is 3.70. The van der Waals surface area contributed by atoms with Crippen molar-refractivity contribution in [3.05, 3.63) is 71.8 Å². The van der Waals surface area contributed by atoms with Crippen LogP contribution in [0.15, 0.2) is 60.7 Å². The Labute approximate surface area is 182 Å². The average Bonchev–Trinajstić information content (AvgIpc) is 3.20. The van der Waals surface area contributed by atoms with Gasteiger partial charge in [0, 0.05) is 38.5 Å². The van der Waals surface area contributed by atoms with Crippen molar-refractivity contribution in [2.75, 3.05) is 26.2 Å². The van der Waals surface area contributed by atoms with Crippen molar-refractivity contribution in [2.24, 2.45) is 5.92 Å². The molecule has 31 heavy (non-hydrogen) atoms. The van der Waals surface area contributed by atoms with Gasteiger partial charge in [-0.15, -0.1) is 0 Å². The standard InChI is InChI=1S/C25H28FN3O2/c26-25(19-7-3-1-4-8-19,20-9-5-2-6-10-20)21-12-15-28(16-13-21)23(31)29-17-24(18-29)14-11-22(30)27-24/h1-10,21H,11-18H2,(H,27,30). The van der Waals surface area contributed by atoms with E-state index in [1.54, 1.807) is 0 Å². The number of nitrogens with one attached hydrogen (secondary N) is 1. The lowest BCUT2D eigenvalue weighted by Crippen LogP contribution is -2.70. The maximum absolute atomic E-state index is 16.8. The van der Waals surface area contributed by atoms with Gasteiger partial charge in [0.1, 0.15) is 0 Å². The van der Waals surface area contributed by atoms with Crippen LogP contribution in [0, 0.1) is 5.92 Å². The summed E-state index contributed by atoms with van der Waals surface area (Å²) in [6, 6.07) is 18.8. The molecule has 162 valence electrons. The SMILES string of the molecule is O=C1CCC2(CN(C(=O)N3CCC(C(F)(c4ccccc4)c4ccccc4)CC3)C2)N1. The quantitative estimate of drug-likeness (QED) is 0.822. The van der Waals surface area contributed by atoms with Crippen molar-refractivity contribution in [2.45, 2.75) is 36.9 Å². The predicted molar refractivity (Wildman–Crippen MR) is 116 cm³/mol. The van der Waals surface area contributed by atoms with Crippen LogP contribution in [0.3, 0.4) is 0 Å². The van der Waals surface area contributed by atoms with E-state index in [0.717, 1.165) is 6.42 Å². The summed E-state index contributed by atoms with van der Waals surface area (Å²) in [5, 5.41) is 3.02. The molecule has 0 aliphatic carbocycles. The first kappa shape index (κ1) is 20.0. The van der Waals surface area contributed by atoms with E-state index in [4.69, 9.17) is 0 Å². The molecule has 1 N–H and O–H groups in total. The Morgan fingerprint density at radius 3 is 1.97 bits per heavy atom. The van der Waals surface area contributed by atoms with E-state index in [9.17, 15) is 9.59 Å². The number of nitrogens with zero attached hydrogens (tertiary/aromatic N) is 2. The van der Waals surface area contributed by atoms with Crippen molar-refractivity contribution >= 4 is 11.9 Å². The molecule has 0 saturated carbocycles. The van der Waals surface area contributed by atoms with E-state index < -0.39 is 5.67 Å². The molecule has 6 heteroatoms. The summed E-state index contributed by atoms with van der Waals surface area (Å²) in [7, 11) is 0. The Kier molecular flexibility index (Phi) is 4.95. The fraction of sp³-hybridized carbons (Fsp3) is 0.440. The highest BCUT2D eigenvalue weighted by atomic mass is 19.1. The average molecular weight is 422 g/mol. The maximum atomic E-state index is 16.8. The molecule has 0 aromatic heterocycles. The zero-order valence-corrected chi connectivity index (χ0v) is 17.6. The molecule has 2 aromatic carbocycles. The van der Waals surface area contributed by atoms with Crippen molar-refractivity contribution < 1.29 is 14.0 Å². The number of rotatable bonds is 3. The van der Waals surface area contributed by atoms with Crippen LogP contribution < -0.4 is 5.32 Å². The lowest BCUT2D eigenvalue weighted by molar-refractivity contribution is -0.120. The number of hydrogen-bond donors (Lipinski definition) is 1. The lowest BCUT2D eigenvalue weighted by atomic mass is 9.73. The Bertz CT molecular complexity index is 912. The van der Waals surface area contributed by atoms with Crippen LogP contribution in [0.2, 0.25) is 0 Å². The molecule has 0 radical (unpaired) electrons. The smallest absolute Gasteiger partial charge is 0.320 e. The Hall–Kier alpha value is -2.89. The monoisotopic (exact) mass is 421 g/mol. The minimum atomic E-state index is -1.58. The fourth-order valence-electron chi connectivity index (χ4n) is 5.50. The van der Waals surface area contributed by atoms with E-state index in [1.807, 2.05) is 70.5 Å². The molecule has 5 nitrogen and oxygen atoms in total. The third kappa shape index (κ3) is 3.48. The zero-order valence-electron chi connectivity index (χ0n) is 17.6. The van der Waals surface area contributed by atoms with Crippen LogP contribution in [-0.4, -0.2) is 53.5 Å². The van der Waals surface area contributed by atoms with Crippen LogP contribution in [0.4, 0.5) is 9.18 Å². The van der Waals surface area contributed by atoms with Crippen molar-refractivity contribution in [3.8, 4) is 0 Å². The molecular weight excluding hydrogens is 393 g/mol. The molecule has 3 heterocycles. The summed E-state index contributed by atoms with van der Waals surface area (Å²) in [5.41, 5.74) is -0.438. The molecule has 3 aliphatic rings. The first-order valence-electron chi connectivity index (χ1n) is 11.2. The number of hydrogen-bond acceptors (Lipinski definition) is 2. The van der Waals surface area contributed by atoms with Crippen molar-refractivity contribution in [3.63, 3.8) is 0 Å². The third-order valence-electron chi connectivity index (χ3n) is 7.21. The molecular formula is C25H28FN3O2. The van der Waals surface area contributed by atoms with Crippen LogP contribution in [0.1, 0.15) is 36.8 Å². The van der Waals surface area contributed by atoms with E-state index in [1.165, 1.54) is 0 Å². The second-order valence-corrected chi connectivity index (χ2v) is 9.17. The second-order valence-electron chi connectivity index (χ2n) is 9.17. The van der Waals surface area contributed by atoms with Crippen molar-refractivity contribution in [1.82, 2.24) is 15.1 Å². The van der Waals surface area contributed by atoms with Crippen LogP contribution in [-0.2, 0) is 10.5 Å². The molecule has 3 fully saturated rings. The maximum Gasteiger partial charge on any atom is 0.320 e. The van der Waals surface area contributed by atoms with Crippen molar-refractivity contribution in [1.29, 1.82) is 0 Å². The Morgan fingerprint density at radius 1 is 0.935 bits per heavy atom. The molecule has 3 saturated heterocycles. The summed E-state index contributed by atoms with van der Waals surface area (Å²) < 4.78 is 16.8. The number of likely N-dealkylation sites (tertiary alicyclic amines) is 2. The molecule has 0 atom stereocenters. The molecule has 3 amide bonds. The van der Waals surface area contributed by atoms with Gasteiger partial charge in [0.05, 0.1) is 5.54 Å². The second kappa shape index (κ2) is 7.66.